The standard InChI is InChI=1S/C13H21N3O/c1-10-7-13(15-8-12(10)14)17-9-11-5-3-4-6-16(11)2/h7-8,11H,3-6,9,14H2,1-2H3. The highest BCUT2D eigenvalue weighted by Crippen LogP contribution is 2.18. The van der Waals surface area contributed by atoms with Gasteiger partial charge in [-0.15, -0.1) is 0 Å². The Labute approximate surface area is 103 Å². The fraction of sp³-hybridized carbons (Fsp3) is 0.615. The largest absolute Gasteiger partial charge is 0.476 e. The van der Waals surface area contributed by atoms with E-state index in [0.29, 0.717) is 24.2 Å². The first kappa shape index (κ1) is 12.2. The fourth-order valence-electron chi connectivity index (χ4n) is 2.16. The van der Waals surface area contributed by atoms with Crippen LogP contribution in [-0.4, -0.2) is 36.1 Å². The molecule has 1 unspecified atom stereocenters. The van der Waals surface area contributed by atoms with Crippen LogP contribution in [0.5, 0.6) is 5.88 Å². The lowest BCUT2D eigenvalue weighted by Crippen LogP contribution is -2.40. The van der Waals surface area contributed by atoms with Gasteiger partial charge in [-0.05, 0) is 38.9 Å². The molecule has 0 aromatic carbocycles. The first-order chi connectivity index (χ1) is 8.16. The lowest BCUT2D eigenvalue weighted by molar-refractivity contribution is 0.122. The Morgan fingerprint density at radius 3 is 3.06 bits per heavy atom. The zero-order valence-electron chi connectivity index (χ0n) is 10.6. The Morgan fingerprint density at radius 1 is 1.53 bits per heavy atom. The molecule has 17 heavy (non-hydrogen) atoms. The van der Waals surface area contributed by atoms with Crippen LogP contribution < -0.4 is 10.5 Å². The van der Waals surface area contributed by atoms with Gasteiger partial charge in [-0.3, -0.25) is 0 Å². The quantitative estimate of drug-likeness (QED) is 0.868. The summed E-state index contributed by atoms with van der Waals surface area (Å²) in [5.74, 6) is 0.677. The Morgan fingerprint density at radius 2 is 2.35 bits per heavy atom. The van der Waals surface area contributed by atoms with E-state index in [4.69, 9.17) is 10.5 Å². The van der Waals surface area contributed by atoms with Crippen LogP contribution in [0.15, 0.2) is 12.3 Å². The number of piperidine rings is 1. The van der Waals surface area contributed by atoms with Gasteiger partial charge in [0, 0.05) is 12.1 Å². The maximum absolute atomic E-state index is 5.74. The number of rotatable bonds is 3. The number of likely N-dealkylation sites (N-methyl/N-ethyl adjacent to an activating group) is 1. The number of nitrogens with zero attached hydrogens (tertiary/aromatic N) is 2. The van der Waals surface area contributed by atoms with Crippen molar-refractivity contribution in [2.24, 2.45) is 0 Å². The minimum absolute atomic E-state index is 0.517. The highest BCUT2D eigenvalue weighted by molar-refractivity contribution is 5.45. The van der Waals surface area contributed by atoms with Crippen LogP contribution in [0.3, 0.4) is 0 Å². The predicted octanol–water partition coefficient (Wildman–Crippen LogP) is 1.84. The summed E-state index contributed by atoms with van der Waals surface area (Å²) in [6.07, 6.45) is 5.47. The monoisotopic (exact) mass is 235 g/mol. The highest BCUT2D eigenvalue weighted by atomic mass is 16.5. The molecular weight excluding hydrogens is 214 g/mol. The third-order valence-electron chi connectivity index (χ3n) is 3.47. The van der Waals surface area contributed by atoms with Gasteiger partial charge in [0.1, 0.15) is 6.61 Å². The molecule has 0 saturated carbocycles. The van der Waals surface area contributed by atoms with Crippen molar-refractivity contribution in [3.63, 3.8) is 0 Å². The zero-order valence-corrected chi connectivity index (χ0v) is 10.6. The van der Waals surface area contributed by atoms with Crippen LogP contribution in [0.1, 0.15) is 24.8 Å². The van der Waals surface area contributed by atoms with E-state index in [1.807, 2.05) is 13.0 Å². The topological polar surface area (TPSA) is 51.4 Å². The average Bonchev–Trinajstić information content (AvgIpc) is 2.32. The van der Waals surface area contributed by atoms with Gasteiger partial charge in [0.15, 0.2) is 0 Å². The average molecular weight is 235 g/mol. The fourth-order valence-corrected chi connectivity index (χ4v) is 2.16. The molecule has 0 radical (unpaired) electrons. The maximum Gasteiger partial charge on any atom is 0.213 e. The van der Waals surface area contributed by atoms with Gasteiger partial charge in [-0.2, -0.15) is 0 Å². The highest BCUT2D eigenvalue weighted by Gasteiger charge is 2.19. The molecule has 1 aliphatic heterocycles. The molecule has 0 bridgehead atoms. The van der Waals surface area contributed by atoms with Gasteiger partial charge in [-0.1, -0.05) is 6.42 Å². The predicted molar refractivity (Wildman–Crippen MR) is 69.2 cm³/mol. The van der Waals surface area contributed by atoms with E-state index >= 15 is 0 Å². The van der Waals surface area contributed by atoms with Crippen molar-refractivity contribution in [1.82, 2.24) is 9.88 Å². The van der Waals surface area contributed by atoms with Gasteiger partial charge in [0.25, 0.3) is 0 Å². The van der Waals surface area contributed by atoms with Crippen LogP contribution in [0.2, 0.25) is 0 Å². The number of hydrogen-bond acceptors (Lipinski definition) is 4. The van der Waals surface area contributed by atoms with E-state index in [1.54, 1.807) is 6.20 Å². The zero-order chi connectivity index (χ0) is 12.3. The van der Waals surface area contributed by atoms with Gasteiger partial charge < -0.3 is 15.4 Å². The van der Waals surface area contributed by atoms with Crippen molar-refractivity contribution in [2.75, 3.05) is 25.9 Å². The second-order valence-electron chi connectivity index (χ2n) is 4.82. The van der Waals surface area contributed by atoms with Crippen LogP contribution >= 0.6 is 0 Å². The van der Waals surface area contributed by atoms with Crippen molar-refractivity contribution in [3.05, 3.63) is 17.8 Å². The summed E-state index contributed by atoms with van der Waals surface area (Å²) in [5, 5.41) is 0. The number of aryl methyl sites for hydroxylation is 1. The molecule has 4 heteroatoms. The van der Waals surface area contributed by atoms with Crippen molar-refractivity contribution in [3.8, 4) is 5.88 Å². The molecule has 1 aromatic rings. The van der Waals surface area contributed by atoms with E-state index < -0.39 is 0 Å². The summed E-state index contributed by atoms with van der Waals surface area (Å²) in [4.78, 5) is 6.55. The molecule has 1 aromatic heterocycles. The van der Waals surface area contributed by atoms with E-state index in [-0.39, 0.29) is 0 Å². The second-order valence-corrected chi connectivity index (χ2v) is 4.82. The summed E-state index contributed by atoms with van der Waals surface area (Å²) < 4.78 is 5.74. The van der Waals surface area contributed by atoms with Gasteiger partial charge in [0.2, 0.25) is 5.88 Å². The number of nitrogens with two attached hydrogens (primary N) is 1. The van der Waals surface area contributed by atoms with Crippen molar-refractivity contribution >= 4 is 5.69 Å². The molecule has 0 amide bonds. The normalized spacial score (nSPS) is 21.4. The molecule has 1 aliphatic rings. The third-order valence-corrected chi connectivity index (χ3v) is 3.47. The summed E-state index contributed by atoms with van der Waals surface area (Å²) in [6.45, 7) is 3.85. The number of pyridine rings is 1. The van der Waals surface area contributed by atoms with E-state index in [1.165, 1.54) is 25.8 Å². The second kappa shape index (κ2) is 5.36. The number of ether oxygens (including phenoxy) is 1. The Balaban J connectivity index is 1.90. The Bertz CT molecular complexity index is 381. The van der Waals surface area contributed by atoms with Gasteiger partial charge in [-0.25, -0.2) is 4.98 Å². The number of nitrogen functional groups attached to an aromatic ring is 1. The smallest absolute Gasteiger partial charge is 0.213 e. The lowest BCUT2D eigenvalue weighted by atomic mass is 10.0. The van der Waals surface area contributed by atoms with Crippen molar-refractivity contribution < 1.29 is 4.74 Å². The number of aromatic nitrogens is 1. The SMILES string of the molecule is Cc1cc(OCC2CCCCN2C)ncc1N. The van der Waals surface area contributed by atoms with Crippen LogP contribution in [-0.2, 0) is 0 Å². The number of hydrogen-bond donors (Lipinski definition) is 1. The van der Waals surface area contributed by atoms with Gasteiger partial charge in [0.05, 0.1) is 11.9 Å². The van der Waals surface area contributed by atoms with E-state index in [9.17, 15) is 0 Å². The maximum atomic E-state index is 5.74. The van der Waals surface area contributed by atoms with E-state index in [0.717, 1.165) is 5.56 Å². The number of anilines is 1. The molecule has 94 valence electrons. The summed E-state index contributed by atoms with van der Waals surface area (Å²) in [6, 6.07) is 2.42. The molecule has 2 N–H and O–H groups in total. The Hall–Kier alpha value is -1.29. The molecule has 1 fully saturated rings. The summed E-state index contributed by atoms with van der Waals surface area (Å²) in [5.41, 5.74) is 7.46. The minimum Gasteiger partial charge on any atom is -0.476 e. The van der Waals surface area contributed by atoms with Crippen LogP contribution in [0, 0.1) is 6.92 Å². The van der Waals surface area contributed by atoms with Crippen LogP contribution in [0.4, 0.5) is 5.69 Å². The Kier molecular flexibility index (Phi) is 3.84. The van der Waals surface area contributed by atoms with Gasteiger partial charge >= 0.3 is 0 Å². The third kappa shape index (κ3) is 3.09. The first-order valence-corrected chi connectivity index (χ1v) is 6.22. The lowest BCUT2D eigenvalue weighted by Gasteiger charge is -2.31. The molecule has 4 nitrogen and oxygen atoms in total. The molecule has 2 heterocycles. The van der Waals surface area contributed by atoms with Crippen molar-refractivity contribution in [2.45, 2.75) is 32.2 Å². The molecule has 0 spiro atoms. The first-order valence-electron chi connectivity index (χ1n) is 6.22. The van der Waals surface area contributed by atoms with E-state index in [2.05, 4.69) is 16.9 Å². The number of likely N-dealkylation sites (tertiary alicyclic amines) is 1. The van der Waals surface area contributed by atoms with Crippen molar-refractivity contribution in [1.29, 1.82) is 0 Å². The summed E-state index contributed by atoms with van der Waals surface area (Å²) in [7, 11) is 2.16. The molecule has 1 saturated heterocycles. The molecule has 2 rings (SSSR count). The summed E-state index contributed by atoms with van der Waals surface area (Å²) >= 11 is 0. The molecule has 1 atom stereocenters. The molecular formula is C13H21N3O. The minimum atomic E-state index is 0.517. The van der Waals surface area contributed by atoms with Crippen LogP contribution in [0.25, 0.3) is 0 Å². The molecule has 0 aliphatic carbocycles.